The van der Waals surface area contributed by atoms with Crippen molar-refractivity contribution in [2.75, 3.05) is 0 Å². The lowest BCUT2D eigenvalue weighted by atomic mass is 10.00. The first kappa shape index (κ1) is 9.24. The maximum absolute atomic E-state index is 5.91. The molecule has 0 saturated heterocycles. The Morgan fingerprint density at radius 3 is 2.55 bits per heavy atom. The third-order valence-corrected chi connectivity index (χ3v) is 3.27. The van der Waals surface area contributed by atoms with Crippen LogP contribution in [0.4, 0.5) is 0 Å². The summed E-state index contributed by atoms with van der Waals surface area (Å²) in [5, 5.41) is 0.847. The van der Waals surface area contributed by atoms with Crippen molar-refractivity contribution < 1.29 is 0 Å². The summed E-state index contributed by atoms with van der Waals surface area (Å²) < 4.78 is 0. The van der Waals surface area contributed by atoms with E-state index in [1.165, 1.54) is 0 Å². The van der Waals surface area contributed by atoms with Crippen molar-refractivity contribution in [2.45, 2.75) is 12.3 Å². The van der Waals surface area contributed by atoms with Gasteiger partial charge in [-0.1, -0.05) is 30.1 Å². The number of hydrogen-bond donors (Lipinski definition) is 1. The molecule has 62 valence electrons. The third kappa shape index (κ3) is 1.66. The van der Waals surface area contributed by atoms with Crippen LogP contribution in [-0.4, -0.2) is 5.38 Å². The van der Waals surface area contributed by atoms with E-state index in [1.807, 2.05) is 6.92 Å². The van der Waals surface area contributed by atoms with Crippen LogP contribution in [-0.2, 0) is 0 Å². The van der Waals surface area contributed by atoms with E-state index in [0.717, 1.165) is 0 Å². The molecule has 1 nitrogen and oxygen atoms in total. The second-order valence-electron chi connectivity index (χ2n) is 2.53. The van der Waals surface area contributed by atoms with E-state index in [1.54, 1.807) is 6.08 Å². The van der Waals surface area contributed by atoms with E-state index in [9.17, 15) is 0 Å². The third-order valence-electron chi connectivity index (χ3n) is 1.68. The van der Waals surface area contributed by atoms with Crippen LogP contribution >= 0.6 is 34.8 Å². The number of alkyl halides is 1. The molecule has 0 aromatic carbocycles. The summed E-state index contributed by atoms with van der Waals surface area (Å²) in [5.74, 6) is 0.0100. The van der Waals surface area contributed by atoms with E-state index in [2.05, 4.69) is 0 Å². The van der Waals surface area contributed by atoms with Crippen LogP contribution in [0.15, 0.2) is 21.8 Å². The molecule has 0 amide bonds. The van der Waals surface area contributed by atoms with Crippen LogP contribution in [0.2, 0.25) is 0 Å². The molecule has 1 aliphatic rings. The summed E-state index contributed by atoms with van der Waals surface area (Å²) >= 11 is 17.5. The highest BCUT2D eigenvalue weighted by Gasteiger charge is 2.25. The van der Waals surface area contributed by atoms with E-state index < -0.39 is 0 Å². The zero-order chi connectivity index (χ0) is 8.59. The lowest BCUT2D eigenvalue weighted by Gasteiger charge is -2.22. The van der Waals surface area contributed by atoms with E-state index in [0.29, 0.717) is 15.8 Å². The minimum Gasteiger partial charge on any atom is -0.401 e. The van der Waals surface area contributed by atoms with Gasteiger partial charge in [0, 0.05) is 16.6 Å². The van der Waals surface area contributed by atoms with Crippen LogP contribution in [0.3, 0.4) is 0 Å². The molecule has 0 fully saturated rings. The summed E-state index contributed by atoms with van der Waals surface area (Å²) in [5.41, 5.74) is 6.15. The Morgan fingerprint density at radius 2 is 2.00 bits per heavy atom. The number of halogens is 3. The normalized spacial score (nSPS) is 32.2. The average molecular weight is 213 g/mol. The van der Waals surface area contributed by atoms with Gasteiger partial charge in [0.2, 0.25) is 0 Å². The summed E-state index contributed by atoms with van der Waals surface area (Å²) in [6.45, 7) is 1.89. The van der Waals surface area contributed by atoms with Crippen LogP contribution in [0.5, 0.6) is 0 Å². The lowest BCUT2D eigenvalue weighted by molar-refractivity contribution is 0.694. The molecule has 0 bridgehead atoms. The number of hydrogen-bond acceptors (Lipinski definition) is 1. The van der Waals surface area contributed by atoms with Crippen molar-refractivity contribution in [1.29, 1.82) is 0 Å². The predicted molar refractivity (Wildman–Crippen MR) is 49.8 cm³/mol. The van der Waals surface area contributed by atoms with Crippen LogP contribution in [0, 0.1) is 5.92 Å². The molecule has 2 N–H and O–H groups in total. The molecule has 0 saturated carbocycles. The zero-order valence-electron chi connectivity index (χ0n) is 5.94. The molecule has 0 spiro atoms. The van der Waals surface area contributed by atoms with Crippen LogP contribution in [0.25, 0.3) is 0 Å². The molecule has 11 heavy (non-hydrogen) atoms. The SMILES string of the molecule is CC1C(Cl)=C(Cl)C=C(N)C1Cl. The molecule has 4 heteroatoms. The first-order chi connectivity index (χ1) is 5.04. The smallest absolute Gasteiger partial charge is 0.0805 e. The topological polar surface area (TPSA) is 26.0 Å². The van der Waals surface area contributed by atoms with Crippen LogP contribution < -0.4 is 5.73 Å². The van der Waals surface area contributed by atoms with Gasteiger partial charge in [0.05, 0.1) is 10.4 Å². The highest BCUT2D eigenvalue weighted by atomic mass is 35.5. The highest BCUT2D eigenvalue weighted by molar-refractivity contribution is 6.41. The summed E-state index contributed by atoms with van der Waals surface area (Å²) in [7, 11) is 0. The molecule has 1 rings (SSSR count). The summed E-state index contributed by atoms with van der Waals surface area (Å²) in [4.78, 5) is 0. The van der Waals surface area contributed by atoms with Gasteiger partial charge in [0.1, 0.15) is 0 Å². The largest absolute Gasteiger partial charge is 0.401 e. The maximum Gasteiger partial charge on any atom is 0.0805 e. The van der Waals surface area contributed by atoms with Crippen molar-refractivity contribution in [3.8, 4) is 0 Å². The molecule has 0 radical (unpaired) electrons. The second-order valence-corrected chi connectivity index (χ2v) is 3.82. The lowest BCUT2D eigenvalue weighted by Crippen LogP contribution is -2.23. The quantitative estimate of drug-likeness (QED) is 0.614. The van der Waals surface area contributed by atoms with Gasteiger partial charge in [-0.25, -0.2) is 0 Å². The van der Waals surface area contributed by atoms with Crippen molar-refractivity contribution in [3.63, 3.8) is 0 Å². The maximum atomic E-state index is 5.91. The molecule has 2 atom stereocenters. The second kappa shape index (κ2) is 3.26. The molecule has 0 heterocycles. The van der Waals surface area contributed by atoms with Gasteiger partial charge in [-0.3, -0.25) is 0 Å². The van der Waals surface area contributed by atoms with E-state index >= 15 is 0 Å². The average Bonchev–Trinajstić information content (AvgIpc) is 1.97. The van der Waals surface area contributed by atoms with Crippen molar-refractivity contribution in [3.05, 3.63) is 21.8 Å². The number of nitrogens with two attached hydrogens (primary N) is 1. The predicted octanol–water partition coefficient (Wildman–Crippen LogP) is 2.78. The Labute approximate surface area is 80.8 Å². The van der Waals surface area contributed by atoms with E-state index in [-0.39, 0.29) is 11.3 Å². The fourth-order valence-electron chi connectivity index (χ4n) is 0.930. The molecular weight excluding hydrogens is 204 g/mol. The molecular formula is C7H8Cl3N. The minimum absolute atomic E-state index is 0.0100. The Bertz CT molecular complexity index is 232. The van der Waals surface area contributed by atoms with Crippen LogP contribution in [0.1, 0.15) is 6.92 Å². The van der Waals surface area contributed by atoms with Gasteiger partial charge < -0.3 is 5.73 Å². The molecule has 1 aliphatic carbocycles. The molecule has 2 unspecified atom stereocenters. The fourth-order valence-corrected chi connectivity index (χ4v) is 1.66. The van der Waals surface area contributed by atoms with Gasteiger partial charge in [0.25, 0.3) is 0 Å². The monoisotopic (exact) mass is 211 g/mol. The highest BCUT2D eigenvalue weighted by Crippen LogP contribution is 2.34. The summed E-state index contributed by atoms with van der Waals surface area (Å²) in [6, 6.07) is 0. The van der Waals surface area contributed by atoms with Gasteiger partial charge in [0.15, 0.2) is 0 Å². The van der Waals surface area contributed by atoms with Gasteiger partial charge in [-0.2, -0.15) is 0 Å². The van der Waals surface area contributed by atoms with E-state index in [4.69, 9.17) is 40.5 Å². The Morgan fingerprint density at radius 1 is 1.45 bits per heavy atom. The Kier molecular flexibility index (Phi) is 2.74. The molecule has 0 aliphatic heterocycles. The van der Waals surface area contributed by atoms with Gasteiger partial charge in [-0.05, 0) is 6.08 Å². The zero-order valence-corrected chi connectivity index (χ0v) is 8.21. The van der Waals surface area contributed by atoms with Gasteiger partial charge in [-0.15, -0.1) is 11.6 Å². The number of rotatable bonds is 0. The van der Waals surface area contributed by atoms with Crippen molar-refractivity contribution in [1.82, 2.24) is 0 Å². The standard InChI is InChI=1S/C7H8Cl3N/c1-3-6(9)4(8)2-5(11)7(3)10/h2-3,7H,11H2,1H3. The van der Waals surface area contributed by atoms with Crippen molar-refractivity contribution >= 4 is 34.8 Å². The first-order valence-corrected chi connectivity index (χ1v) is 4.39. The molecule has 0 aromatic heterocycles. The van der Waals surface area contributed by atoms with Gasteiger partial charge >= 0.3 is 0 Å². The molecule has 0 aromatic rings. The Balaban J connectivity index is 3.01. The van der Waals surface area contributed by atoms with Crippen molar-refractivity contribution in [2.24, 2.45) is 11.7 Å². The Hall–Kier alpha value is 0.150. The minimum atomic E-state index is -0.231. The first-order valence-electron chi connectivity index (χ1n) is 3.20. The summed E-state index contributed by atoms with van der Waals surface area (Å²) in [6.07, 6.45) is 1.60. The fraction of sp³-hybridized carbons (Fsp3) is 0.429. The number of allylic oxidation sites excluding steroid dienone is 4.